The van der Waals surface area contributed by atoms with Gasteiger partial charge in [-0.05, 0) is 25.7 Å². The van der Waals surface area contributed by atoms with Gasteiger partial charge in [-0.2, -0.15) is 8.42 Å². The predicted octanol–water partition coefficient (Wildman–Crippen LogP) is 0.991. The quantitative estimate of drug-likeness (QED) is 0.660. The highest BCUT2D eigenvalue weighted by Gasteiger charge is 2.20. The Morgan fingerprint density at radius 3 is 2.00 bits per heavy atom. The van der Waals surface area contributed by atoms with Gasteiger partial charge in [-0.15, -0.1) is 0 Å². The van der Waals surface area contributed by atoms with Gasteiger partial charge in [0.1, 0.15) is 0 Å². The van der Waals surface area contributed by atoms with Gasteiger partial charge in [0.05, 0.1) is 12.2 Å². The summed E-state index contributed by atoms with van der Waals surface area (Å²) < 4.78 is 33.9. The van der Waals surface area contributed by atoms with E-state index in [-0.39, 0.29) is 5.92 Å². The van der Waals surface area contributed by atoms with E-state index in [4.69, 9.17) is 9.66 Å². The van der Waals surface area contributed by atoms with Crippen LogP contribution in [0.25, 0.3) is 0 Å². The summed E-state index contributed by atoms with van der Waals surface area (Å²) in [6.07, 6.45) is -0.242. The van der Waals surface area contributed by atoms with Gasteiger partial charge in [0, 0.05) is 0 Å². The largest absolute Gasteiger partial charge is 0.397 e. The Kier molecular flexibility index (Phi) is 5.58. The minimum absolute atomic E-state index is 0.0318. The van der Waals surface area contributed by atoms with Crippen molar-refractivity contribution in [2.75, 3.05) is 0 Å². The Labute approximate surface area is 85.0 Å². The van der Waals surface area contributed by atoms with Gasteiger partial charge in [-0.25, -0.2) is 4.18 Å². The van der Waals surface area contributed by atoms with Crippen LogP contribution in [0.4, 0.5) is 0 Å². The van der Waals surface area contributed by atoms with Crippen molar-refractivity contribution >= 4 is 10.4 Å². The average molecular weight is 226 g/mol. The molecule has 0 aromatic rings. The molecule has 0 amide bonds. The number of aliphatic hydroxyl groups excluding tert-OH is 1. The Hall–Kier alpha value is -0.170. The lowest BCUT2D eigenvalue weighted by Gasteiger charge is -2.19. The van der Waals surface area contributed by atoms with Gasteiger partial charge < -0.3 is 5.11 Å². The van der Waals surface area contributed by atoms with Crippen molar-refractivity contribution in [2.45, 2.75) is 45.8 Å². The number of hydrogen-bond donors (Lipinski definition) is 2. The highest BCUT2D eigenvalue weighted by atomic mass is 32.3. The van der Waals surface area contributed by atoms with Gasteiger partial charge in [0.2, 0.25) is 0 Å². The molecule has 0 aliphatic heterocycles. The van der Waals surface area contributed by atoms with Crippen LogP contribution in [0.15, 0.2) is 0 Å². The summed E-state index contributed by atoms with van der Waals surface area (Å²) in [5.74, 6) is -0.0318. The topological polar surface area (TPSA) is 83.8 Å². The molecule has 0 bridgehead atoms. The molecule has 0 aliphatic rings. The van der Waals surface area contributed by atoms with Crippen molar-refractivity contribution < 1.29 is 22.3 Å². The smallest absolute Gasteiger partial charge is 0.393 e. The molecule has 0 spiro atoms. The summed E-state index contributed by atoms with van der Waals surface area (Å²) in [5, 5.41) is 9.01. The lowest BCUT2D eigenvalue weighted by Crippen LogP contribution is -2.24. The molecule has 0 fully saturated rings. The van der Waals surface area contributed by atoms with Crippen molar-refractivity contribution in [2.24, 2.45) is 5.92 Å². The molecular formula is C8H18O5S. The average Bonchev–Trinajstić information content (AvgIpc) is 1.94. The predicted molar refractivity (Wildman–Crippen MR) is 52.2 cm³/mol. The van der Waals surface area contributed by atoms with E-state index >= 15 is 0 Å². The molecule has 0 rings (SSSR count). The van der Waals surface area contributed by atoms with E-state index in [0.717, 1.165) is 0 Å². The van der Waals surface area contributed by atoms with E-state index in [1.165, 1.54) is 0 Å². The highest BCUT2D eigenvalue weighted by Crippen LogP contribution is 2.16. The molecule has 5 nitrogen and oxygen atoms in total. The van der Waals surface area contributed by atoms with Crippen LogP contribution in [-0.2, 0) is 14.6 Å². The Bertz CT molecular complexity index is 244. The summed E-state index contributed by atoms with van der Waals surface area (Å²) in [6.45, 7) is 5.20. The van der Waals surface area contributed by atoms with Crippen LogP contribution < -0.4 is 0 Å². The second-order valence-corrected chi connectivity index (χ2v) is 4.78. The van der Waals surface area contributed by atoms with Gasteiger partial charge in [0.15, 0.2) is 0 Å². The molecule has 2 atom stereocenters. The summed E-state index contributed by atoms with van der Waals surface area (Å²) in [5.41, 5.74) is 0. The first-order valence-corrected chi connectivity index (χ1v) is 5.92. The van der Waals surface area contributed by atoms with Crippen LogP contribution in [-0.4, -0.2) is 30.3 Å². The second-order valence-electron chi connectivity index (χ2n) is 3.73. The van der Waals surface area contributed by atoms with E-state index in [0.29, 0.717) is 12.8 Å². The van der Waals surface area contributed by atoms with Crippen LogP contribution in [0.2, 0.25) is 0 Å². The first-order valence-electron chi connectivity index (χ1n) is 4.56. The maximum absolute atomic E-state index is 10.5. The van der Waals surface area contributed by atoms with E-state index in [1.54, 1.807) is 20.8 Å². The highest BCUT2D eigenvalue weighted by molar-refractivity contribution is 7.80. The molecule has 0 aromatic carbocycles. The van der Waals surface area contributed by atoms with E-state index in [1.807, 2.05) is 0 Å². The van der Waals surface area contributed by atoms with Crippen molar-refractivity contribution in [3.63, 3.8) is 0 Å². The van der Waals surface area contributed by atoms with Crippen LogP contribution in [0.1, 0.15) is 33.6 Å². The molecule has 0 aromatic heterocycles. The minimum Gasteiger partial charge on any atom is -0.393 e. The molecule has 86 valence electrons. The zero-order valence-electron chi connectivity index (χ0n) is 8.67. The summed E-state index contributed by atoms with van der Waals surface area (Å²) in [4.78, 5) is 0. The summed E-state index contributed by atoms with van der Waals surface area (Å²) in [6, 6.07) is 0. The number of hydrogen-bond acceptors (Lipinski definition) is 4. The maximum atomic E-state index is 10.5. The van der Waals surface area contributed by atoms with Crippen LogP contribution in [0.5, 0.6) is 0 Å². The molecule has 0 unspecified atom stereocenters. The van der Waals surface area contributed by atoms with Crippen LogP contribution >= 0.6 is 0 Å². The molecule has 6 heteroatoms. The molecule has 14 heavy (non-hydrogen) atoms. The Morgan fingerprint density at radius 1 is 1.21 bits per heavy atom. The second kappa shape index (κ2) is 5.65. The molecule has 0 radical (unpaired) electrons. The molecule has 0 aliphatic carbocycles. The molecular weight excluding hydrogens is 208 g/mol. The fourth-order valence-electron chi connectivity index (χ4n) is 1.05. The lowest BCUT2D eigenvalue weighted by atomic mass is 10.0. The minimum atomic E-state index is -4.40. The number of aliphatic hydroxyl groups is 1. The van der Waals surface area contributed by atoms with Gasteiger partial charge in [-0.1, -0.05) is 13.8 Å². The first kappa shape index (κ1) is 13.8. The fourth-order valence-corrected chi connectivity index (χ4v) is 1.69. The van der Waals surface area contributed by atoms with E-state index in [2.05, 4.69) is 4.18 Å². The Balaban J connectivity index is 4.17. The van der Waals surface area contributed by atoms with Gasteiger partial charge in [0.25, 0.3) is 0 Å². The van der Waals surface area contributed by atoms with Crippen molar-refractivity contribution in [3.8, 4) is 0 Å². The standard InChI is InChI=1S/C8H18O5S/c1-6(2)8(5-4-7(3)9)13-14(10,11)12/h6-9H,4-5H2,1-3H3,(H,10,11,12)/t7-,8+/m0/s1. The molecule has 0 saturated carbocycles. The SMILES string of the molecule is CC(C)[C@@H](CC[C@H](C)O)OS(=O)(=O)O. The monoisotopic (exact) mass is 226 g/mol. The van der Waals surface area contributed by atoms with Crippen molar-refractivity contribution in [3.05, 3.63) is 0 Å². The summed E-state index contributed by atoms with van der Waals surface area (Å²) in [7, 11) is -4.40. The molecule has 0 heterocycles. The summed E-state index contributed by atoms with van der Waals surface area (Å²) >= 11 is 0. The maximum Gasteiger partial charge on any atom is 0.397 e. The Morgan fingerprint density at radius 2 is 1.71 bits per heavy atom. The van der Waals surface area contributed by atoms with Gasteiger partial charge >= 0.3 is 10.4 Å². The first-order chi connectivity index (χ1) is 6.22. The third-order valence-electron chi connectivity index (χ3n) is 1.86. The fraction of sp³-hybridized carbons (Fsp3) is 1.00. The molecule has 0 saturated heterocycles. The normalized spacial score (nSPS) is 17.0. The number of rotatable bonds is 6. The van der Waals surface area contributed by atoms with Crippen LogP contribution in [0, 0.1) is 5.92 Å². The zero-order chi connectivity index (χ0) is 11.4. The molecule has 2 N–H and O–H groups in total. The van der Waals surface area contributed by atoms with Crippen molar-refractivity contribution in [1.82, 2.24) is 0 Å². The van der Waals surface area contributed by atoms with Crippen molar-refractivity contribution in [1.29, 1.82) is 0 Å². The lowest BCUT2D eigenvalue weighted by molar-refractivity contribution is 0.102. The van der Waals surface area contributed by atoms with E-state index < -0.39 is 22.6 Å². The third kappa shape index (κ3) is 7.25. The third-order valence-corrected chi connectivity index (χ3v) is 2.35. The zero-order valence-corrected chi connectivity index (χ0v) is 9.49. The van der Waals surface area contributed by atoms with Gasteiger partial charge in [-0.3, -0.25) is 4.55 Å². The van der Waals surface area contributed by atoms with E-state index in [9.17, 15) is 8.42 Å². The van der Waals surface area contributed by atoms with Crippen LogP contribution in [0.3, 0.4) is 0 Å².